The first-order valence-corrected chi connectivity index (χ1v) is 10.1. The average Bonchev–Trinajstić information content (AvgIpc) is 2.79. The summed E-state index contributed by atoms with van der Waals surface area (Å²) in [4.78, 5) is 26.5. The van der Waals surface area contributed by atoms with Crippen LogP contribution in [-0.4, -0.2) is 31.5 Å². The van der Waals surface area contributed by atoms with Gasteiger partial charge in [-0.05, 0) is 42.3 Å². The van der Waals surface area contributed by atoms with Gasteiger partial charge in [-0.3, -0.25) is 9.69 Å². The minimum atomic E-state index is -3.34. The summed E-state index contributed by atoms with van der Waals surface area (Å²) in [5, 5.41) is 3.22. The number of urea groups is 1. The fraction of sp³-hybridized carbons (Fsp3) is 0.222. The van der Waals surface area contributed by atoms with E-state index in [0.717, 1.165) is 16.7 Å². The Hall–Kier alpha value is -2.38. The van der Waals surface area contributed by atoms with E-state index >= 15 is 0 Å². The predicted octanol–water partition coefficient (Wildman–Crippen LogP) is 2.71. The van der Waals surface area contributed by atoms with Gasteiger partial charge in [0.1, 0.15) is 5.54 Å². The average molecular weight is 393 g/mol. The summed E-state index contributed by atoms with van der Waals surface area (Å²) in [5.74, 6) is -0.408. The molecule has 1 saturated heterocycles. The molecule has 1 unspecified atom stereocenters. The monoisotopic (exact) mass is 392 g/mol. The molecule has 0 bridgehead atoms. The highest BCUT2D eigenvalue weighted by Crippen LogP contribution is 2.30. The molecule has 0 spiro atoms. The molecular formula is C18H17ClN2O4S. The Balaban J connectivity index is 1.89. The zero-order valence-electron chi connectivity index (χ0n) is 14.2. The second-order valence-electron chi connectivity index (χ2n) is 6.37. The van der Waals surface area contributed by atoms with Gasteiger partial charge in [-0.1, -0.05) is 35.9 Å². The molecule has 0 saturated carbocycles. The number of sulfone groups is 1. The summed E-state index contributed by atoms with van der Waals surface area (Å²) in [6, 6.07) is 12.4. The minimum absolute atomic E-state index is 0.0994. The van der Waals surface area contributed by atoms with Gasteiger partial charge in [0.25, 0.3) is 5.91 Å². The number of hydrogen-bond acceptors (Lipinski definition) is 4. The van der Waals surface area contributed by atoms with Crippen LogP contribution in [0.25, 0.3) is 0 Å². The van der Waals surface area contributed by atoms with Gasteiger partial charge in [-0.25, -0.2) is 13.2 Å². The number of benzene rings is 2. The first-order chi connectivity index (χ1) is 12.1. The van der Waals surface area contributed by atoms with Gasteiger partial charge < -0.3 is 5.32 Å². The van der Waals surface area contributed by atoms with Crippen LogP contribution in [0.3, 0.4) is 0 Å². The van der Waals surface area contributed by atoms with Gasteiger partial charge in [-0.15, -0.1) is 0 Å². The van der Waals surface area contributed by atoms with Gasteiger partial charge in [0, 0.05) is 11.3 Å². The van der Waals surface area contributed by atoms with Crippen LogP contribution in [0.4, 0.5) is 4.79 Å². The number of imide groups is 1. The largest absolute Gasteiger partial charge is 0.325 e. The molecule has 3 amide bonds. The van der Waals surface area contributed by atoms with Crippen LogP contribution in [0, 0.1) is 0 Å². The first-order valence-electron chi connectivity index (χ1n) is 7.80. The zero-order valence-corrected chi connectivity index (χ0v) is 15.8. The van der Waals surface area contributed by atoms with Crippen LogP contribution in [0.2, 0.25) is 5.02 Å². The van der Waals surface area contributed by atoms with Gasteiger partial charge in [0.2, 0.25) is 0 Å². The molecular weight excluding hydrogens is 376 g/mol. The Morgan fingerprint density at radius 2 is 1.77 bits per heavy atom. The van der Waals surface area contributed by atoms with Crippen molar-refractivity contribution in [3.63, 3.8) is 0 Å². The summed E-state index contributed by atoms with van der Waals surface area (Å²) >= 11 is 5.95. The molecule has 1 aliphatic rings. The Bertz CT molecular complexity index is 989. The number of nitrogens with zero attached hydrogens (tertiary/aromatic N) is 1. The summed E-state index contributed by atoms with van der Waals surface area (Å²) in [5.41, 5.74) is -0.0133. The van der Waals surface area contributed by atoms with Gasteiger partial charge >= 0.3 is 6.03 Å². The number of rotatable bonds is 4. The standard InChI is InChI=1S/C18H17ClN2O4S/c1-18(13-6-8-15(9-7-13)26(2,24)25)16(22)21(17(23)20-18)11-12-4-3-5-14(19)10-12/h3-10H,11H2,1-2H3,(H,20,23). The maximum atomic E-state index is 12.9. The smallest absolute Gasteiger partial charge is 0.319 e. The van der Waals surface area contributed by atoms with E-state index in [-0.39, 0.29) is 11.4 Å². The molecule has 1 heterocycles. The van der Waals surface area contributed by atoms with Crippen LogP contribution in [0.15, 0.2) is 53.4 Å². The molecule has 2 aromatic carbocycles. The molecule has 8 heteroatoms. The van der Waals surface area contributed by atoms with E-state index in [1.165, 1.54) is 24.3 Å². The number of carbonyl (C=O) groups is 2. The summed E-state index contributed by atoms with van der Waals surface area (Å²) in [7, 11) is -3.34. The molecule has 0 aliphatic carbocycles. The molecule has 0 aromatic heterocycles. The molecule has 26 heavy (non-hydrogen) atoms. The predicted molar refractivity (Wildman–Crippen MR) is 97.4 cm³/mol. The van der Waals surface area contributed by atoms with Crippen LogP contribution >= 0.6 is 11.6 Å². The second kappa shape index (κ2) is 6.41. The van der Waals surface area contributed by atoms with Crippen molar-refractivity contribution in [2.75, 3.05) is 6.26 Å². The lowest BCUT2D eigenvalue weighted by molar-refractivity contribution is -0.131. The summed E-state index contributed by atoms with van der Waals surface area (Å²) in [6.45, 7) is 1.70. The fourth-order valence-electron chi connectivity index (χ4n) is 2.89. The van der Waals surface area contributed by atoms with Crippen LogP contribution in [0.5, 0.6) is 0 Å². The van der Waals surface area contributed by atoms with Crippen molar-refractivity contribution in [2.24, 2.45) is 0 Å². The van der Waals surface area contributed by atoms with E-state index in [1.54, 1.807) is 31.2 Å². The molecule has 3 rings (SSSR count). The van der Waals surface area contributed by atoms with Crippen LogP contribution < -0.4 is 5.32 Å². The lowest BCUT2D eigenvalue weighted by Crippen LogP contribution is -2.40. The molecule has 1 N–H and O–H groups in total. The SMILES string of the molecule is CC1(c2ccc(S(C)(=O)=O)cc2)NC(=O)N(Cc2cccc(Cl)c2)C1=O. The number of carbonyl (C=O) groups excluding carboxylic acids is 2. The summed E-state index contributed by atoms with van der Waals surface area (Å²) in [6.07, 6.45) is 1.11. The third kappa shape index (κ3) is 3.32. The highest BCUT2D eigenvalue weighted by Gasteiger charge is 2.48. The summed E-state index contributed by atoms with van der Waals surface area (Å²) < 4.78 is 23.2. The lowest BCUT2D eigenvalue weighted by Gasteiger charge is -2.22. The first kappa shape index (κ1) is 18.4. The molecule has 2 aromatic rings. The minimum Gasteiger partial charge on any atom is -0.319 e. The van der Waals surface area contributed by atoms with Crippen molar-refractivity contribution in [1.82, 2.24) is 10.2 Å². The van der Waals surface area contributed by atoms with Crippen molar-refractivity contribution in [2.45, 2.75) is 23.9 Å². The third-order valence-corrected chi connectivity index (χ3v) is 5.73. The van der Waals surface area contributed by atoms with Gasteiger partial charge in [0.15, 0.2) is 9.84 Å². The molecule has 6 nitrogen and oxygen atoms in total. The molecule has 1 atom stereocenters. The Morgan fingerprint density at radius 1 is 1.12 bits per heavy atom. The Kier molecular flexibility index (Phi) is 4.54. The number of amides is 3. The maximum absolute atomic E-state index is 12.9. The molecule has 0 radical (unpaired) electrons. The lowest BCUT2D eigenvalue weighted by atomic mass is 9.92. The highest BCUT2D eigenvalue weighted by atomic mass is 35.5. The maximum Gasteiger partial charge on any atom is 0.325 e. The van der Waals surface area contributed by atoms with E-state index in [0.29, 0.717) is 10.6 Å². The zero-order chi connectivity index (χ0) is 19.1. The van der Waals surface area contributed by atoms with E-state index in [4.69, 9.17) is 11.6 Å². The number of halogens is 1. The van der Waals surface area contributed by atoms with Crippen molar-refractivity contribution < 1.29 is 18.0 Å². The molecule has 136 valence electrons. The Morgan fingerprint density at radius 3 is 2.35 bits per heavy atom. The Labute approximate surface area is 156 Å². The van der Waals surface area contributed by atoms with Crippen molar-refractivity contribution in [1.29, 1.82) is 0 Å². The van der Waals surface area contributed by atoms with E-state index in [9.17, 15) is 18.0 Å². The highest BCUT2D eigenvalue weighted by molar-refractivity contribution is 7.90. The topological polar surface area (TPSA) is 83.6 Å². The van der Waals surface area contributed by atoms with Gasteiger partial charge in [0.05, 0.1) is 11.4 Å². The van der Waals surface area contributed by atoms with Crippen LogP contribution in [0.1, 0.15) is 18.1 Å². The van der Waals surface area contributed by atoms with E-state index in [1.807, 2.05) is 0 Å². The van der Waals surface area contributed by atoms with Crippen LogP contribution in [-0.2, 0) is 26.7 Å². The van der Waals surface area contributed by atoms with Crippen molar-refractivity contribution in [3.8, 4) is 0 Å². The van der Waals surface area contributed by atoms with Crippen molar-refractivity contribution >= 4 is 33.4 Å². The number of nitrogens with one attached hydrogen (secondary N) is 1. The van der Waals surface area contributed by atoms with Gasteiger partial charge in [-0.2, -0.15) is 0 Å². The van der Waals surface area contributed by atoms with E-state index < -0.39 is 27.3 Å². The molecule has 1 fully saturated rings. The second-order valence-corrected chi connectivity index (χ2v) is 8.83. The fourth-order valence-corrected chi connectivity index (χ4v) is 3.73. The quantitative estimate of drug-likeness (QED) is 0.811. The molecule has 1 aliphatic heterocycles. The number of hydrogen-bond donors (Lipinski definition) is 1. The van der Waals surface area contributed by atoms with E-state index in [2.05, 4.69) is 5.32 Å². The third-order valence-electron chi connectivity index (χ3n) is 4.36. The normalized spacial score (nSPS) is 20.3. The van der Waals surface area contributed by atoms with Crippen molar-refractivity contribution in [3.05, 3.63) is 64.7 Å².